The van der Waals surface area contributed by atoms with Gasteiger partial charge in [0.2, 0.25) is 0 Å². The molecule has 1 aliphatic carbocycles. The molecule has 0 unspecified atom stereocenters. The molecule has 0 atom stereocenters. The van der Waals surface area contributed by atoms with Crippen LogP contribution in [0.2, 0.25) is 0 Å². The summed E-state index contributed by atoms with van der Waals surface area (Å²) in [7, 11) is 0. The number of Topliss-reactive ketones (excluding diaryl/α,β-unsaturated/α-hetero) is 1. The molecular formula is C19H20N2O. The van der Waals surface area contributed by atoms with Gasteiger partial charge < -0.3 is 4.98 Å². The molecule has 1 aromatic carbocycles. The van der Waals surface area contributed by atoms with E-state index in [9.17, 15) is 4.79 Å². The van der Waals surface area contributed by atoms with Gasteiger partial charge in [-0.05, 0) is 24.3 Å². The summed E-state index contributed by atoms with van der Waals surface area (Å²) >= 11 is 0. The van der Waals surface area contributed by atoms with Gasteiger partial charge in [-0.2, -0.15) is 0 Å². The van der Waals surface area contributed by atoms with E-state index in [4.69, 9.17) is 4.98 Å². The Kier molecular flexibility index (Phi) is 2.71. The van der Waals surface area contributed by atoms with Crippen LogP contribution in [0.15, 0.2) is 24.3 Å². The smallest absolute Gasteiger partial charge is 0.165 e. The molecule has 4 rings (SSSR count). The number of carbonyl (C=O) groups is 1. The van der Waals surface area contributed by atoms with Crippen LogP contribution < -0.4 is 0 Å². The minimum atomic E-state index is 0.00187. The maximum absolute atomic E-state index is 12.8. The zero-order chi connectivity index (χ0) is 15.5. The molecule has 0 saturated carbocycles. The van der Waals surface area contributed by atoms with Crippen molar-refractivity contribution in [3.63, 3.8) is 0 Å². The number of ketones is 1. The van der Waals surface area contributed by atoms with Crippen LogP contribution in [0.3, 0.4) is 0 Å². The Hall–Kier alpha value is -2.16. The van der Waals surface area contributed by atoms with Crippen molar-refractivity contribution in [3.05, 3.63) is 41.2 Å². The topological polar surface area (TPSA) is 45.8 Å². The second-order valence-electron chi connectivity index (χ2n) is 7.10. The summed E-state index contributed by atoms with van der Waals surface area (Å²) in [6.45, 7) is 6.43. The van der Waals surface area contributed by atoms with E-state index in [0.29, 0.717) is 6.42 Å². The summed E-state index contributed by atoms with van der Waals surface area (Å²) < 4.78 is 0. The van der Waals surface area contributed by atoms with Crippen LogP contribution in [0, 0.1) is 5.41 Å². The molecule has 3 aromatic rings. The number of nitrogens with one attached hydrogen (secondary N) is 1. The first-order chi connectivity index (χ1) is 10.5. The highest BCUT2D eigenvalue weighted by molar-refractivity contribution is 6.19. The summed E-state index contributed by atoms with van der Waals surface area (Å²) in [6, 6.07) is 8.22. The Balaban J connectivity index is 2.17. The average Bonchev–Trinajstić information content (AvgIpc) is 2.84. The number of hydrogen-bond acceptors (Lipinski definition) is 2. The zero-order valence-corrected chi connectivity index (χ0v) is 13.3. The number of fused-ring (bicyclic) bond motifs is 5. The number of para-hydroxylation sites is 1. The Bertz CT molecular complexity index is 918. The van der Waals surface area contributed by atoms with Crippen molar-refractivity contribution in [1.29, 1.82) is 0 Å². The second-order valence-corrected chi connectivity index (χ2v) is 7.10. The van der Waals surface area contributed by atoms with Crippen molar-refractivity contribution in [2.24, 2.45) is 5.41 Å². The van der Waals surface area contributed by atoms with Gasteiger partial charge in [0.1, 0.15) is 0 Å². The van der Waals surface area contributed by atoms with E-state index in [0.717, 1.165) is 51.6 Å². The molecule has 3 nitrogen and oxygen atoms in total. The van der Waals surface area contributed by atoms with Crippen molar-refractivity contribution < 1.29 is 4.79 Å². The summed E-state index contributed by atoms with van der Waals surface area (Å²) in [6.07, 6.45) is 2.34. The van der Waals surface area contributed by atoms with Crippen LogP contribution in [0.1, 0.15) is 48.9 Å². The summed E-state index contributed by atoms with van der Waals surface area (Å²) in [5.41, 5.74) is 5.02. The molecule has 0 fully saturated rings. The standard InChI is InChI=1S/C19H20N2O/c1-4-12-18-16(11-7-5-6-8-13(11)21-18)17-14(20-12)9-19(2,3)10-15(17)22/h5-8,21H,4,9-10H2,1-3H3. The highest BCUT2D eigenvalue weighted by Gasteiger charge is 2.34. The van der Waals surface area contributed by atoms with Crippen molar-refractivity contribution >= 4 is 27.6 Å². The van der Waals surface area contributed by atoms with E-state index >= 15 is 0 Å². The lowest BCUT2D eigenvalue weighted by atomic mass is 9.74. The van der Waals surface area contributed by atoms with E-state index in [-0.39, 0.29) is 11.2 Å². The molecule has 0 aliphatic heterocycles. The largest absolute Gasteiger partial charge is 0.353 e. The number of aromatic amines is 1. The monoisotopic (exact) mass is 292 g/mol. The normalized spacial score (nSPS) is 17.1. The average molecular weight is 292 g/mol. The first-order valence-corrected chi connectivity index (χ1v) is 7.95. The van der Waals surface area contributed by atoms with Crippen LogP contribution in [0.5, 0.6) is 0 Å². The van der Waals surface area contributed by atoms with Crippen LogP contribution in [0.4, 0.5) is 0 Å². The maximum Gasteiger partial charge on any atom is 0.165 e. The molecule has 1 aliphatic rings. The molecule has 0 radical (unpaired) electrons. The molecule has 0 amide bonds. The van der Waals surface area contributed by atoms with Crippen LogP contribution in [-0.2, 0) is 12.8 Å². The van der Waals surface area contributed by atoms with Gasteiger partial charge in [0.05, 0.1) is 16.9 Å². The molecule has 112 valence electrons. The first kappa shape index (κ1) is 13.5. The Morgan fingerprint density at radius 3 is 2.77 bits per heavy atom. The Morgan fingerprint density at radius 2 is 2.00 bits per heavy atom. The number of H-pyrrole nitrogens is 1. The SMILES string of the molecule is CCc1nc2c(c3c1[nH]c1ccccc13)C(=O)CC(C)(C)C2. The number of aryl methyl sites for hydroxylation is 1. The van der Waals surface area contributed by atoms with E-state index in [1.54, 1.807) is 0 Å². The van der Waals surface area contributed by atoms with Gasteiger partial charge in [0.25, 0.3) is 0 Å². The summed E-state index contributed by atoms with van der Waals surface area (Å²) in [5.74, 6) is 0.233. The van der Waals surface area contributed by atoms with Crippen LogP contribution in [0.25, 0.3) is 21.8 Å². The molecular weight excluding hydrogens is 272 g/mol. The summed E-state index contributed by atoms with van der Waals surface area (Å²) in [4.78, 5) is 21.1. The second kappa shape index (κ2) is 4.42. The first-order valence-electron chi connectivity index (χ1n) is 7.95. The maximum atomic E-state index is 12.8. The number of rotatable bonds is 1. The fraction of sp³-hybridized carbons (Fsp3) is 0.368. The van der Waals surface area contributed by atoms with Crippen molar-refractivity contribution in [3.8, 4) is 0 Å². The number of carbonyl (C=O) groups excluding carboxylic acids is 1. The zero-order valence-electron chi connectivity index (χ0n) is 13.3. The van der Waals surface area contributed by atoms with Gasteiger partial charge in [-0.25, -0.2) is 0 Å². The third kappa shape index (κ3) is 1.81. The number of benzene rings is 1. The highest BCUT2D eigenvalue weighted by atomic mass is 16.1. The van der Waals surface area contributed by atoms with Crippen LogP contribution in [-0.4, -0.2) is 15.8 Å². The van der Waals surface area contributed by atoms with E-state index in [1.165, 1.54) is 0 Å². The van der Waals surface area contributed by atoms with Gasteiger partial charge in [0, 0.05) is 28.3 Å². The molecule has 1 N–H and O–H groups in total. The molecule has 22 heavy (non-hydrogen) atoms. The lowest BCUT2D eigenvalue weighted by Crippen LogP contribution is -2.28. The lowest BCUT2D eigenvalue weighted by molar-refractivity contribution is 0.0912. The van der Waals surface area contributed by atoms with E-state index in [2.05, 4.69) is 37.9 Å². The molecule has 0 saturated heterocycles. The van der Waals surface area contributed by atoms with Crippen molar-refractivity contribution in [2.75, 3.05) is 0 Å². The molecule has 0 bridgehead atoms. The lowest BCUT2D eigenvalue weighted by Gasteiger charge is -2.30. The number of pyridine rings is 1. The molecule has 2 heterocycles. The predicted molar refractivity (Wildman–Crippen MR) is 89.4 cm³/mol. The fourth-order valence-electron chi connectivity index (χ4n) is 3.76. The molecule has 3 heteroatoms. The van der Waals surface area contributed by atoms with E-state index < -0.39 is 0 Å². The number of nitrogens with zero attached hydrogens (tertiary/aromatic N) is 1. The van der Waals surface area contributed by atoms with Gasteiger partial charge in [-0.3, -0.25) is 9.78 Å². The molecule has 0 spiro atoms. The minimum Gasteiger partial charge on any atom is -0.353 e. The highest BCUT2D eigenvalue weighted by Crippen LogP contribution is 2.40. The van der Waals surface area contributed by atoms with E-state index in [1.807, 2.05) is 12.1 Å². The van der Waals surface area contributed by atoms with Gasteiger partial charge in [-0.15, -0.1) is 0 Å². The van der Waals surface area contributed by atoms with Crippen molar-refractivity contribution in [2.45, 2.75) is 40.0 Å². The Labute approximate surface area is 129 Å². The quantitative estimate of drug-likeness (QED) is 0.721. The molecule has 2 aromatic heterocycles. The minimum absolute atomic E-state index is 0.00187. The number of aromatic nitrogens is 2. The third-order valence-corrected chi connectivity index (χ3v) is 4.70. The third-order valence-electron chi connectivity index (χ3n) is 4.70. The van der Waals surface area contributed by atoms with Crippen molar-refractivity contribution in [1.82, 2.24) is 9.97 Å². The van der Waals surface area contributed by atoms with Gasteiger partial charge in [-0.1, -0.05) is 39.0 Å². The van der Waals surface area contributed by atoms with Gasteiger partial charge >= 0.3 is 0 Å². The number of hydrogen-bond donors (Lipinski definition) is 1. The predicted octanol–water partition coefficient (Wildman–Crippen LogP) is 4.43. The Morgan fingerprint density at radius 1 is 1.23 bits per heavy atom. The fourth-order valence-corrected chi connectivity index (χ4v) is 3.76. The van der Waals surface area contributed by atoms with Gasteiger partial charge in [0.15, 0.2) is 5.78 Å². The summed E-state index contributed by atoms with van der Waals surface area (Å²) in [5, 5.41) is 2.22. The van der Waals surface area contributed by atoms with Crippen LogP contribution >= 0.6 is 0 Å².